The zero-order valence-corrected chi connectivity index (χ0v) is 19.3. The molecule has 1 heterocycles. The lowest BCUT2D eigenvalue weighted by atomic mass is 10.1. The van der Waals surface area contributed by atoms with E-state index in [-0.39, 0.29) is 5.91 Å². The first-order valence-corrected chi connectivity index (χ1v) is 11.0. The van der Waals surface area contributed by atoms with Crippen molar-refractivity contribution < 1.29 is 14.3 Å². The molecule has 0 aromatic heterocycles. The van der Waals surface area contributed by atoms with E-state index in [4.69, 9.17) is 21.7 Å². The molecule has 0 saturated carbocycles. The molecule has 7 heteroatoms. The number of unbranched alkanes of at least 4 members (excludes halogenated alkanes) is 1. The van der Waals surface area contributed by atoms with Crippen LogP contribution in [0.5, 0.6) is 11.5 Å². The molecule has 0 N–H and O–H groups in total. The van der Waals surface area contributed by atoms with Gasteiger partial charge in [-0.1, -0.05) is 43.4 Å². The molecule has 0 unspecified atom stereocenters. The summed E-state index contributed by atoms with van der Waals surface area (Å²) in [6.07, 6.45) is 3.90. The molecule has 1 amide bonds. The summed E-state index contributed by atoms with van der Waals surface area (Å²) < 4.78 is 11.8. The maximum absolute atomic E-state index is 13.0. The first-order valence-electron chi connectivity index (χ1n) is 9.80. The van der Waals surface area contributed by atoms with Crippen LogP contribution in [0.4, 0.5) is 11.4 Å². The largest absolute Gasteiger partial charge is 0.493 e. The van der Waals surface area contributed by atoms with E-state index in [0.29, 0.717) is 27.3 Å². The summed E-state index contributed by atoms with van der Waals surface area (Å²) in [5, 5.41) is 0. The molecule has 5 nitrogen and oxygen atoms in total. The lowest BCUT2D eigenvalue weighted by molar-refractivity contribution is -0.113. The Hall–Kier alpha value is -2.51. The summed E-state index contributed by atoms with van der Waals surface area (Å²) >= 11 is 6.78. The molecule has 0 radical (unpaired) electrons. The third-order valence-electron chi connectivity index (χ3n) is 4.66. The highest BCUT2D eigenvalue weighted by molar-refractivity contribution is 8.27. The van der Waals surface area contributed by atoms with Gasteiger partial charge < -0.3 is 14.4 Å². The molecular weight excluding hydrogens is 416 g/mol. The van der Waals surface area contributed by atoms with E-state index in [0.717, 1.165) is 29.8 Å². The van der Waals surface area contributed by atoms with E-state index in [1.54, 1.807) is 12.0 Å². The van der Waals surface area contributed by atoms with Crippen molar-refractivity contribution in [3.8, 4) is 11.5 Å². The second-order valence-corrected chi connectivity index (χ2v) is 8.72. The van der Waals surface area contributed by atoms with Gasteiger partial charge in [-0.05, 0) is 54.5 Å². The van der Waals surface area contributed by atoms with Gasteiger partial charge in [0.25, 0.3) is 5.91 Å². The average Bonchev–Trinajstić information content (AvgIpc) is 3.02. The summed E-state index contributed by atoms with van der Waals surface area (Å²) in [6.45, 7) is 2.77. The molecule has 158 valence electrons. The normalized spacial score (nSPS) is 15.1. The fourth-order valence-corrected chi connectivity index (χ4v) is 4.26. The molecular formula is C23H26N2O3S2. The second kappa shape index (κ2) is 10.00. The fourth-order valence-electron chi connectivity index (χ4n) is 2.96. The Morgan fingerprint density at radius 2 is 1.87 bits per heavy atom. The standard InChI is InChI=1S/C23H26N2O3S2/c1-5-6-13-28-19-12-7-16(14-20(19)27-4)15-21-22(26)25(23(29)30-21)18-10-8-17(9-11-18)24(2)3/h7-12,14-15H,5-6,13H2,1-4H3/b21-15-. The highest BCUT2D eigenvalue weighted by atomic mass is 32.2. The summed E-state index contributed by atoms with van der Waals surface area (Å²) in [6, 6.07) is 13.4. The van der Waals surface area contributed by atoms with Crippen LogP contribution in [0.1, 0.15) is 25.3 Å². The van der Waals surface area contributed by atoms with Crippen molar-refractivity contribution >= 4 is 51.7 Å². The number of anilines is 2. The summed E-state index contributed by atoms with van der Waals surface area (Å²) in [4.78, 5) is 17.2. The molecule has 2 aromatic rings. The van der Waals surface area contributed by atoms with Crippen LogP contribution in [0.2, 0.25) is 0 Å². The van der Waals surface area contributed by atoms with Crippen molar-refractivity contribution in [3.63, 3.8) is 0 Å². The zero-order valence-electron chi connectivity index (χ0n) is 17.7. The number of ether oxygens (including phenoxy) is 2. The minimum atomic E-state index is -0.121. The molecule has 1 aliphatic heterocycles. The number of carbonyl (C=O) groups is 1. The summed E-state index contributed by atoms with van der Waals surface area (Å²) in [5.74, 6) is 1.23. The Kier molecular flexibility index (Phi) is 7.39. The SMILES string of the molecule is CCCCOc1ccc(/C=C2\SC(=S)N(c3ccc(N(C)C)cc3)C2=O)cc1OC. The highest BCUT2D eigenvalue weighted by Crippen LogP contribution is 2.37. The molecule has 0 spiro atoms. The van der Waals surface area contributed by atoms with Crippen LogP contribution < -0.4 is 19.3 Å². The van der Waals surface area contributed by atoms with Crippen molar-refractivity contribution in [2.45, 2.75) is 19.8 Å². The van der Waals surface area contributed by atoms with Crippen molar-refractivity contribution in [1.29, 1.82) is 0 Å². The van der Waals surface area contributed by atoms with E-state index in [2.05, 4.69) is 6.92 Å². The molecule has 1 saturated heterocycles. The Balaban J connectivity index is 1.81. The van der Waals surface area contributed by atoms with Gasteiger partial charge in [-0.3, -0.25) is 9.69 Å². The number of amides is 1. The van der Waals surface area contributed by atoms with Gasteiger partial charge >= 0.3 is 0 Å². The smallest absolute Gasteiger partial charge is 0.270 e. The van der Waals surface area contributed by atoms with Gasteiger partial charge in [0.15, 0.2) is 15.8 Å². The van der Waals surface area contributed by atoms with Crippen molar-refractivity contribution in [2.24, 2.45) is 0 Å². The maximum atomic E-state index is 13.0. The van der Waals surface area contributed by atoms with Gasteiger partial charge in [0.05, 0.1) is 24.3 Å². The molecule has 1 aliphatic rings. The van der Waals surface area contributed by atoms with E-state index >= 15 is 0 Å². The average molecular weight is 443 g/mol. The number of benzene rings is 2. The third-order valence-corrected chi connectivity index (χ3v) is 5.96. The van der Waals surface area contributed by atoms with Gasteiger partial charge in [-0.2, -0.15) is 0 Å². The lowest BCUT2D eigenvalue weighted by Gasteiger charge is -2.17. The van der Waals surface area contributed by atoms with Gasteiger partial charge in [0.2, 0.25) is 0 Å². The third kappa shape index (κ3) is 4.96. The predicted octanol–water partition coefficient (Wildman–Crippen LogP) is 5.35. The molecule has 30 heavy (non-hydrogen) atoms. The van der Waals surface area contributed by atoms with Crippen molar-refractivity contribution in [1.82, 2.24) is 0 Å². The molecule has 3 rings (SSSR count). The lowest BCUT2D eigenvalue weighted by Crippen LogP contribution is -2.27. The number of methoxy groups -OCH3 is 1. The Labute approximate surface area is 187 Å². The number of thiocarbonyl (C=S) groups is 1. The van der Waals surface area contributed by atoms with Crippen LogP contribution in [-0.4, -0.2) is 38.0 Å². The van der Waals surface area contributed by atoms with E-state index < -0.39 is 0 Å². The zero-order chi connectivity index (χ0) is 21.7. The maximum Gasteiger partial charge on any atom is 0.270 e. The predicted molar refractivity (Wildman–Crippen MR) is 130 cm³/mol. The van der Waals surface area contributed by atoms with Gasteiger partial charge in [-0.15, -0.1) is 0 Å². The van der Waals surface area contributed by atoms with Gasteiger partial charge in [-0.25, -0.2) is 0 Å². The minimum absolute atomic E-state index is 0.121. The summed E-state index contributed by atoms with van der Waals surface area (Å²) in [5.41, 5.74) is 2.69. The van der Waals surface area contributed by atoms with Gasteiger partial charge in [0.1, 0.15) is 0 Å². The van der Waals surface area contributed by atoms with Crippen molar-refractivity contribution in [3.05, 3.63) is 52.9 Å². The monoisotopic (exact) mass is 442 g/mol. The molecule has 0 aliphatic carbocycles. The minimum Gasteiger partial charge on any atom is -0.493 e. The van der Waals surface area contributed by atoms with E-state index in [1.165, 1.54) is 11.8 Å². The first kappa shape index (κ1) is 22.2. The quantitative estimate of drug-likeness (QED) is 0.312. The number of nitrogens with zero attached hydrogens (tertiary/aromatic N) is 2. The van der Waals surface area contributed by atoms with Crippen LogP contribution in [0.15, 0.2) is 47.4 Å². The van der Waals surface area contributed by atoms with E-state index in [9.17, 15) is 4.79 Å². The number of thioether (sulfide) groups is 1. The Morgan fingerprint density at radius 3 is 2.50 bits per heavy atom. The number of carbonyl (C=O) groups excluding carboxylic acids is 1. The fraction of sp³-hybridized carbons (Fsp3) is 0.304. The van der Waals surface area contributed by atoms with Crippen molar-refractivity contribution in [2.75, 3.05) is 37.6 Å². The topological polar surface area (TPSA) is 42.0 Å². The van der Waals surface area contributed by atoms with Crippen LogP contribution in [0.25, 0.3) is 6.08 Å². The molecule has 1 fully saturated rings. The number of rotatable bonds is 8. The Morgan fingerprint density at radius 1 is 1.13 bits per heavy atom. The molecule has 0 atom stereocenters. The first-order chi connectivity index (χ1) is 14.4. The Bertz CT molecular complexity index is 955. The van der Waals surface area contributed by atoms with E-state index in [1.807, 2.05) is 67.5 Å². The number of hydrogen-bond donors (Lipinski definition) is 0. The van der Waals surface area contributed by atoms with Crippen LogP contribution in [0.3, 0.4) is 0 Å². The van der Waals surface area contributed by atoms with Crippen LogP contribution in [0, 0.1) is 0 Å². The highest BCUT2D eigenvalue weighted by Gasteiger charge is 2.33. The molecule has 0 bridgehead atoms. The summed E-state index contributed by atoms with van der Waals surface area (Å²) in [7, 11) is 5.57. The number of hydrogen-bond acceptors (Lipinski definition) is 6. The van der Waals surface area contributed by atoms with Crippen LogP contribution >= 0.6 is 24.0 Å². The molecule has 2 aromatic carbocycles. The van der Waals surface area contributed by atoms with Gasteiger partial charge in [0, 0.05) is 19.8 Å². The second-order valence-electron chi connectivity index (χ2n) is 7.04. The van der Waals surface area contributed by atoms with Crippen LogP contribution in [-0.2, 0) is 4.79 Å².